The smallest absolute Gasteiger partial charge is 0.358 e. The number of nitrogens with zero attached hydrogens (tertiary/aromatic N) is 4. The molecular formula is C21H31N5O4S. The van der Waals surface area contributed by atoms with Gasteiger partial charge in [-0.05, 0) is 67.8 Å². The Hall–Kier alpha value is -2.30. The number of nitro groups is 1. The van der Waals surface area contributed by atoms with Crippen LogP contribution in [-0.2, 0) is 16.6 Å². The molecule has 10 heteroatoms. The first-order valence-corrected chi connectivity index (χ1v) is 12.2. The SMILES string of the molecule is Cc1cc([N+](=O)[O-])nn1CCCN(C1CCNCC1)S(=O)(=O)c1ccc(C(C)C)cc1. The molecule has 2 aromatic rings. The molecule has 1 aliphatic rings. The van der Waals surface area contributed by atoms with E-state index in [0.717, 1.165) is 31.5 Å². The molecule has 9 nitrogen and oxygen atoms in total. The normalized spacial score (nSPS) is 15.6. The van der Waals surface area contributed by atoms with Crippen molar-refractivity contribution < 1.29 is 13.3 Å². The second kappa shape index (κ2) is 9.88. The molecule has 0 atom stereocenters. The third kappa shape index (κ3) is 5.50. The second-order valence-corrected chi connectivity index (χ2v) is 10.2. The molecular weight excluding hydrogens is 418 g/mol. The Morgan fingerprint density at radius 2 is 1.90 bits per heavy atom. The number of sulfonamides is 1. The molecule has 0 amide bonds. The van der Waals surface area contributed by atoms with Crippen LogP contribution in [0.1, 0.15) is 50.3 Å². The maximum atomic E-state index is 13.5. The first-order chi connectivity index (χ1) is 14.7. The number of aromatic nitrogens is 2. The Morgan fingerprint density at radius 3 is 2.45 bits per heavy atom. The second-order valence-electron chi connectivity index (χ2n) is 8.30. The number of nitrogens with one attached hydrogen (secondary N) is 1. The summed E-state index contributed by atoms with van der Waals surface area (Å²) in [5.41, 5.74) is 1.79. The van der Waals surface area contributed by atoms with Gasteiger partial charge in [0.1, 0.15) is 0 Å². The third-order valence-corrected chi connectivity index (χ3v) is 7.74. The first kappa shape index (κ1) is 23.4. The quantitative estimate of drug-likeness (QED) is 0.465. The number of benzene rings is 1. The minimum Gasteiger partial charge on any atom is -0.358 e. The fourth-order valence-electron chi connectivity index (χ4n) is 3.94. The standard InChI is InChI=1S/C21H31N5O4S/c1-16(2)18-5-7-20(8-6-18)31(29,30)25(19-9-11-22-12-10-19)14-4-13-24-17(3)15-21(23-24)26(27)28/h5-8,15-16,19,22H,4,9-14H2,1-3H3. The maximum Gasteiger partial charge on any atom is 0.390 e. The maximum absolute atomic E-state index is 13.5. The molecule has 1 aromatic heterocycles. The molecule has 0 bridgehead atoms. The molecule has 31 heavy (non-hydrogen) atoms. The highest BCUT2D eigenvalue weighted by molar-refractivity contribution is 7.89. The number of rotatable bonds is 9. The van der Waals surface area contributed by atoms with Crippen LogP contribution >= 0.6 is 0 Å². The van der Waals surface area contributed by atoms with E-state index < -0.39 is 14.9 Å². The average Bonchev–Trinajstić information content (AvgIpc) is 3.12. The van der Waals surface area contributed by atoms with Crippen LogP contribution in [0, 0.1) is 17.0 Å². The van der Waals surface area contributed by atoms with Crippen LogP contribution in [0.25, 0.3) is 0 Å². The minimum atomic E-state index is -3.65. The zero-order valence-electron chi connectivity index (χ0n) is 18.3. The summed E-state index contributed by atoms with van der Waals surface area (Å²) >= 11 is 0. The molecule has 1 aliphatic heterocycles. The van der Waals surface area contributed by atoms with Crippen LogP contribution in [0.5, 0.6) is 0 Å². The summed E-state index contributed by atoms with van der Waals surface area (Å²) in [6.45, 7) is 8.24. The highest BCUT2D eigenvalue weighted by Gasteiger charge is 2.32. The largest absolute Gasteiger partial charge is 0.390 e. The highest BCUT2D eigenvalue weighted by atomic mass is 32.2. The van der Waals surface area contributed by atoms with E-state index >= 15 is 0 Å². The molecule has 0 radical (unpaired) electrons. The Kier molecular flexibility index (Phi) is 7.45. The van der Waals surface area contributed by atoms with Crippen molar-refractivity contribution in [2.24, 2.45) is 0 Å². The topological polar surface area (TPSA) is 110 Å². The fourth-order valence-corrected chi connectivity index (χ4v) is 5.66. The van der Waals surface area contributed by atoms with Gasteiger partial charge < -0.3 is 15.4 Å². The van der Waals surface area contributed by atoms with E-state index in [1.165, 1.54) is 6.07 Å². The van der Waals surface area contributed by atoms with Gasteiger partial charge in [0.05, 0.1) is 28.3 Å². The lowest BCUT2D eigenvalue weighted by Crippen LogP contribution is -2.46. The van der Waals surface area contributed by atoms with Gasteiger partial charge in [-0.15, -0.1) is 0 Å². The van der Waals surface area contributed by atoms with E-state index in [9.17, 15) is 18.5 Å². The zero-order chi connectivity index (χ0) is 22.6. The number of hydrogen-bond acceptors (Lipinski definition) is 6. The van der Waals surface area contributed by atoms with Crippen LogP contribution in [0.4, 0.5) is 5.82 Å². The molecule has 0 spiro atoms. The Bertz CT molecular complexity index is 995. The molecule has 0 unspecified atom stereocenters. The van der Waals surface area contributed by atoms with E-state index in [0.29, 0.717) is 36.0 Å². The van der Waals surface area contributed by atoms with Gasteiger partial charge in [0.15, 0.2) is 0 Å². The van der Waals surface area contributed by atoms with Crippen LogP contribution in [-0.4, -0.2) is 53.1 Å². The van der Waals surface area contributed by atoms with E-state index in [-0.39, 0.29) is 11.9 Å². The van der Waals surface area contributed by atoms with Crippen LogP contribution in [0.2, 0.25) is 0 Å². The fraction of sp³-hybridized carbons (Fsp3) is 0.571. The van der Waals surface area contributed by atoms with Gasteiger partial charge in [0.2, 0.25) is 10.0 Å². The Labute approximate surface area is 183 Å². The predicted molar refractivity (Wildman–Crippen MR) is 119 cm³/mol. The summed E-state index contributed by atoms with van der Waals surface area (Å²) in [5.74, 6) is 0.143. The van der Waals surface area contributed by atoms with Gasteiger partial charge in [-0.3, -0.25) is 0 Å². The average molecular weight is 450 g/mol. The monoisotopic (exact) mass is 449 g/mol. The van der Waals surface area contributed by atoms with Crippen molar-refractivity contribution >= 4 is 15.8 Å². The van der Waals surface area contributed by atoms with Crippen LogP contribution in [0.3, 0.4) is 0 Å². The molecule has 1 fully saturated rings. The first-order valence-electron chi connectivity index (χ1n) is 10.7. The van der Waals surface area contributed by atoms with Crippen LogP contribution < -0.4 is 5.32 Å². The van der Waals surface area contributed by atoms with E-state index in [1.807, 2.05) is 12.1 Å². The molecule has 0 aliphatic carbocycles. The van der Waals surface area contributed by atoms with E-state index in [1.54, 1.807) is 28.0 Å². The summed E-state index contributed by atoms with van der Waals surface area (Å²) in [6, 6.07) is 8.51. The molecule has 0 saturated carbocycles. The molecule has 170 valence electrons. The van der Waals surface area contributed by atoms with Crippen molar-refractivity contribution in [3.63, 3.8) is 0 Å². The number of aryl methyl sites for hydroxylation is 2. The summed E-state index contributed by atoms with van der Waals surface area (Å²) in [4.78, 5) is 10.7. The predicted octanol–water partition coefficient (Wildman–Crippen LogP) is 3.06. The van der Waals surface area contributed by atoms with Crippen molar-refractivity contribution in [3.05, 3.63) is 51.7 Å². The van der Waals surface area contributed by atoms with Crippen molar-refractivity contribution in [2.45, 2.75) is 63.4 Å². The molecule has 1 N–H and O–H groups in total. The molecule has 2 heterocycles. The molecule has 3 rings (SSSR count). The van der Waals surface area contributed by atoms with Crippen LogP contribution in [0.15, 0.2) is 35.2 Å². The third-order valence-electron chi connectivity index (χ3n) is 5.77. The minimum absolute atomic E-state index is 0.0657. The van der Waals surface area contributed by atoms with Gasteiger partial charge >= 0.3 is 5.82 Å². The summed E-state index contributed by atoms with van der Waals surface area (Å²) in [7, 11) is -3.65. The Morgan fingerprint density at radius 1 is 1.26 bits per heavy atom. The molecule has 1 saturated heterocycles. The van der Waals surface area contributed by atoms with Crippen molar-refractivity contribution in [3.8, 4) is 0 Å². The van der Waals surface area contributed by atoms with Crippen molar-refractivity contribution in [1.29, 1.82) is 0 Å². The lowest BCUT2D eigenvalue weighted by Gasteiger charge is -2.33. The van der Waals surface area contributed by atoms with Gasteiger partial charge in [-0.25, -0.2) is 8.42 Å². The van der Waals surface area contributed by atoms with E-state index in [4.69, 9.17) is 0 Å². The van der Waals surface area contributed by atoms with Crippen molar-refractivity contribution in [1.82, 2.24) is 19.4 Å². The van der Waals surface area contributed by atoms with Gasteiger partial charge in [0, 0.05) is 12.6 Å². The zero-order valence-corrected chi connectivity index (χ0v) is 19.1. The summed E-state index contributed by atoms with van der Waals surface area (Å²) in [6.07, 6.45) is 2.04. The Balaban J connectivity index is 1.78. The number of hydrogen-bond donors (Lipinski definition) is 1. The lowest BCUT2D eigenvalue weighted by atomic mass is 10.0. The van der Waals surface area contributed by atoms with Gasteiger partial charge in [-0.2, -0.15) is 8.99 Å². The van der Waals surface area contributed by atoms with E-state index in [2.05, 4.69) is 24.3 Å². The van der Waals surface area contributed by atoms with Gasteiger partial charge in [-0.1, -0.05) is 26.0 Å². The highest BCUT2D eigenvalue weighted by Crippen LogP contribution is 2.25. The number of piperidine rings is 1. The van der Waals surface area contributed by atoms with Crippen molar-refractivity contribution in [2.75, 3.05) is 19.6 Å². The lowest BCUT2D eigenvalue weighted by molar-refractivity contribution is -0.389. The molecule has 1 aromatic carbocycles. The summed E-state index contributed by atoms with van der Waals surface area (Å²) in [5, 5.41) is 18.2. The summed E-state index contributed by atoms with van der Waals surface area (Å²) < 4.78 is 30.2. The van der Waals surface area contributed by atoms with Gasteiger partial charge in [0.25, 0.3) is 0 Å².